The lowest BCUT2D eigenvalue weighted by atomic mass is 9.92. The van der Waals surface area contributed by atoms with Crippen LogP contribution in [-0.2, 0) is 6.42 Å². The van der Waals surface area contributed by atoms with Crippen LogP contribution < -0.4 is 5.32 Å². The Labute approximate surface area is 150 Å². The van der Waals surface area contributed by atoms with E-state index in [4.69, 9.17) is 0 Å². The number of pyridine rings is 1. The van der Waals surface area contributed by atoms with E-state index in [0.717, 1.165) is 36.1 Å². The number of carbonyl (C=O) groups is 1. The van der Waals surface area contributed by atoms with Gasteiger partial charge >= 0.3 is 0 Å². The zero-order chi connectivity index (χ0) is 17.9. The first kappa shape index (κ1) is 16.3. The summed E-state index contributed by atoms with van der Waals surface area (Å²) < 4.78 is 13.8. The van der Waals surface area contributed by atoms with E-state index in [1.807, 2.05) is 12.1 Å². The molecule has 3 aromatic rings. The zero-order valence-electron chi connectivity index (χ0n) is 14.0. The van der Waals surface area contributed by atoms with Crippen molar-refractivity contribution in [3.8, 4) is 11.4 Å². The number of amides is 1. The highest BCUT2D eigenvalue weighted by molar-refractivity contribution is 5.94. The van der Waals surface area contributed by atoms with Crippen molar-refractivity contribution < 1.29 is 9.18 Å². The quantitative estimate of drug-likeness (QED) is 0.787. The summed E-state index contributed by atoms with van der Waals surface area (Å²) in [5.74, 6) is -0.320. The number of hydrogen-bond acceptors (Lipinski definition) is 4. The van der Waals surface area contributed by atoms with Crippen molar-refractivity contribution in [3.05, 3.63) is 77.6 Å². The lowest BCUT2D eigenvalue weighted by Crippen LogP contribution is -2.32. The van der Waals surface area contributed by atoms with Gasteiger partial charge in [-0.3, -0.25) is 9.78 Å². The number of rotatable bonds is 3. The highest BCUT2D eigenvalue weighted by Gasteiger charge is 2.25. The summed E-state index contributed by atoms with van der Waals surface area (Å²) in [5, 5.41) is 2.92. The Morgan fingerprint density at radius 3 is 2.85 bits per heavy atom. The van der Waals surface area contributed by atoms with Gasteiger partial charge in [0.25, 0.3) is 5.91 Å². The molecule has 6 heteroatoms. The fourth-order valence-electron chi connectivity index (χ4n) is 3.21. The van der Waals surface area contributed by atoms with E-state index >= 15 is 0 Å². The van der Waals surface area contributed by atoms with Crippen LogP contribution in [0.4, 0.5) is 4.39 Å². The maximum absolute atomic E-state index is 13.8. The van der Waals surface area contributed by atoms with Gasteiger partial charge < -0.3 is 5.32 Å². The zero-order valence-corrected chi connectivity index (χ0v) is 14.0. The van der Waals surface area contributed by atoms with Gasteiger partial charge in [0, 0.05) is 35.4 Å². The van der Waals surface area contributed by atoms with E-state index < -0.39 is 11.7 Å². The van der Waals surface area contributed by atoms with Crippen molar-refractivity contribution in [2.75, 3.05) is 0 Å². The molecule has 1 amide bonds. The largest absolute Gasteiger partial charge is 0.345 e. The molecule has 1 N–H and O–H groups in total. The molecule has 1 aromatic carbocycles. The summed E-state index contributed by atoms with van der Waals surface area (Å²) in [6, 6.07) is 9.52. The monoisotopic (exact) mass is 348 g/mol. The third-order valence-electron chi connectivity index (χ3n) is 4.53. The van der Waals surface area contributed by atoms with Crippen molar-refractivity contribution >= 4 is 5.91 Å². The Hall–Kier alpha value is -3.15. The first-order chi connectivity index (χ1) is 12.7. The van der Waals surface area contributed by atoms with E-state index in [0.29, 0.717) is 5.82 Å². The van der Waals surface area contributed by atoms with Crippen molar-refractivity contribution in [1.29, 1.82) is 0 Å². The third kappa shape index (κ3) is 3.18. The Morgan fingerprint density at radius 2 is 2.04 bits per heavy atom. The van der Waals surface area contributed by atoms with Crippen molar-refractivity contribution in [1.82, 2.24) is 20.3 Å². The molecule has 1 aliphatic rings. The van der Waals surface area contributed by atoms with Crippen LogP contribution in [0.15, 0.2) is 55.0 Å². The Balaban J connectivity index is 1.60. The molecule has 5 nitrogen and oxygen atoms in total. The number of halogens is 1. The first-order valence-electron chi connectivity index (χ1n) is 8.54. The second-order valence-electron chi connectivity index (χ2n) is 6.24. The van der Waals surface area contributed by atoms with Crippen molar-refractivity contribution in [3.63, 3.8) is 0 Å². The smallest absolute Gasteiger partial charge is 0.254 e. The van der Waals surface area contributed by atoms with E-state index in [2.05, 4.69) is 20.3 Å². The number of fused-ring (bicyclic) bond motifs is 1. The van der Waals surface area contributed by atoms with Gasteiger partial charge in [0.15, 0.2) is 5.82 Å². The van der Waals surface area contributed by atoms with Crippen molar-refractivity contribution in [2.45, 2.75) is 25.3 Å². The molecule has 1 atom stereocenters. The van der Waals surface area contributed by atoms with Gasteiger partial charge in [-0.25, -0.2) is 14.4 Å². The predicted octanol–water partition coefficient (Wildman–Crippen LogP) is 3.49. The lowest BCUT2D eigenvalue weighted by molar-refractivity contribution is 0.0928. The molecular formula is C20H17FN4O. The normalized spacial score (nSPS) is 16.0. The molecule has 0 bridgehead atoms. The standard InChI is InChI=1S/C20H17FN4O/c21-16-7-2-1-6-14(16)20(26)25-18-9-3-8-17-15(18)12-23-19(24-17)13-5-4-10-22-11-13/h1-2,4-7,10-12,18H,3,8-9H2,(H,25,26)/t18-/m1/s1. The summed E-state index contributed by atoms with van der Waals surface area (Å²) in [4.78, 5) is 25.6. The summed E-state index contributed by atoms with van der Waals surface area (Å²) in [7, 11) is 0. The van der Waals surface area contributed by atoms with E-state index in [1.165, 1.54) is 12.1 Å². The molecule has 0 aliphatic heterocycles. The lowest BCUT2D eigenvalue weighted by Gasteiger charge is -2.25. The average molecular weight is 348 g/mol. The van der Waals surface area contributed by atoms with E-state index in [9.17, 15) is 9.18 Å². The second kappa shape index (κ2) is 7.00. The minimum Gasteiger partial charge on any atom is -0.345 e. The molecule has 0 fully saturated rings. The highest BCUT2D eigenvalue weighted by Crippen LogP contribution is 2.29. The minimum absolute atomic E-state index is 0.0486. The molecule has 0 unspecified atom stereocenters. The Bertz CT molecular complexity index is 946. The number of aromatic nitrogens is 3. The summed E-state index contributed by atoms with van der Waals surface area (Å²) in [6.07, 6.45) is 7.70. The van der Waals surface area contributed by atoms with E-state index in [1.54, 1.807) is 30.7 Å². The van der Waals surface area contributed by atoms with Crippen LogP contribution in [0.5, 0.6) is 0 Å². The van der Waals surface area contributed by atoms with Gasteiger partial charge in [-0.05, 0) is 43.5 Å². The summed E-state index contributed by atoms with van der Waals surface area (Å²) in [6.45, 7) is 0. The van der Waals surface area contributed by atoms with Gasteiger partial charge in [-0.15, -0.1) is 0 Å². The molecule has 26 heavy (non-hydrogen) atoms. The average Bonchev–Trinajstić information content (AvgIpc) is 2.69. The van der Waals surface area contributed by atoms with E-state index in [-0.39, 0.29) is 11.6 Å². The highest BCUT2D eigenvalue weighted by atomic mass is 19.1. The van der Waals surface area contributed by atoms with Crippen LogP contribution in [0.1, 0.15) is 40.5 Å². The number of nitrogens with one attached hydrogen (secondary N) is 1. The molecule has 2 aromatic heterocycles. The predicted molar refractivity (Wildman–Crippen MR) is 94.8 cm³/mol. The van der Waals surface area contributed by atoms with Crippen LogP contribution in [-0.4, -0.2) is 20.9 Å². The topological polar surface area (TPSA) is 67.8 Å². The Morgan fingerprint density at radius 1 is 1.15 bits per heavy atom. The molecule has 2 heterocycles. The number of aryl methyl sites for hydroxylation is 1. The van der Waals surface area contributed by atoms with Crippen LogP contribution in [0.2, 0.25) is 0 Å². The van der Waals surface area contributed by atoms with Crippen LogP contribution in [0.25, 0.3) is 11.4 Å². The van der Waals surface area contributed by atoms with Crippen LogP contribution in [0, 0.1) is 5.82 Å². The van der Waals surface area contributed by atoms with Gasteiger partial charge in [0.2, 0.25) is 0 Å². The number of nitrogens with zero attached hydrogens (tertiary/aromatic N) is 3. The number of hydrogen-bond donors (Lipinski definition) is 1. The van der Waals surface area contributed by atoms with Gasteiger partial charge in [0.05, 0.1) is 11.6 Å². The molecule has 4 rings (SSSR count). The number of benzene rings is 1. The second-order valence-corrected chi connectivity index (χ2v) is 6.24. The maximum atomic E-state index is 13.8. The first-order valence-corrected chi connectivity index (χ1v) is 8.54. The maximum Gasteiger partial charge on any atom is 0.254 e. The summed E-state index contributed by atoms with van der Waals surface area (Å²) >= 11 is 0. The SMILES string of the molecule is O=C(N[C@@H]1CCCc2nc(-c3cccnc3)ncc21)c1ccccc1F. The van der Waals surface area contributed by atoms with Gasteiger partial charge in [-0.1, -0.05) is 12.1 Å². The molecule has 0 saturated carbocycles. The summed E-state index contributed by atoms with van der Waals surface area (Å²) in [5.41, 5.74) is 2.72. The molecule has 0 saturated heterocycles. The molecule has 0 radical (unpaired) electrons. The molecule has 1 aliphatic carbocycles. The van der Waals surface area contributed by atoms with Gasteiger partial charge in [-0.2, -0.15) is 0 Å². The van der Waals surface area contributed by atoms with Crippen LogP contribution >= 0.6 is 0 Å². The van der Waals surface area contributed by atoms with Gasteiger partial charge in [0.1, 0.15) is 5.82 Å². The third-order valence-corrected chi connectivity index (χ3v) is 4.53. The number of carbonyl (C=O) groups excluding carboxylic acids is 1. The minimum atomic E-state index is -0.524. The Kier molecular flexibility index (Phi) is 4.39. The van der Waals surface area contributed by atoms with Crippen LogP contribution in [0.3, 0.4) is 0 Å². The fraction of sp³-hybridized carbons (Fsp3) is 0.200. The molecule has 0 spiro atoms. The van der Waals surface area contributed by atoms with Crippen molar-refractivity contribution in [2.24, 2.45) is 0 Å². The molecular weight excluding hydrogens is 331 g/mol. The molecule has 130 valence electrons. The fourth-order valence-corrected chi connectivity index (χ4v) is 3.21.